The van der Waals surface area contributed by atoms with Crippen LogP contribution < -0.4 is 11.1 Å². The number of nitrogens with one attached hydrogen (secondary N) is 1. The van der Waals surface area contributed by atoms with Crippen molar-refractivity contribution >= 4 is 23.2 Å². The third-order valence-electron chi connectivity index (χ3n) is 4.89. The molecule has 1 aliphatic carbocycles. The predicted octanol–water partition coefficient (Wildman–Crippen LogP) is 2.51. The van der Waals surface area contributed by atoms with Crippen LogP contribution in [0.25, 0.3) is 0 Å². The fourth-order valence-electron chi connectivity index (χ4n) is 2.81. The zero-order chi connectivity index (χ0) is 14.4. The monoisotopic (exact) mass is 278 g/mol. The molecule has 0 aliphatic heterocycles. The Hall–Kier alpha value is -1.23. The lowest BCUT2D eigenvalue weighted by Crippen LogP contribution is -2.16. The minimum atomic E-state index is 0.306. The summed E-state index contributed by atoms with van der Waals surface area (Å²) in [7, 11) is 0. The van der Waals surface area contributed by atoms with Crippen molar-refractivity contribution < 1.29 is 0 Å². The Bertz CT molecular complexity index is 508. The minimum absolute atomic E-state index is 0.306. The summed E-state index contributed by atoms with van der Waals surface area (Å²) in [5.74, 6) is 1.23. The number of aryl methyl sites for hydroxylation is 1. The van der Waals surface area contributed by atoms with Gasteiger partial charge >= 0.3 is 0 Å². The predicted molar refractivity (Wildman–Crippen MR) is 82.2 cm³/mol. The standard InChI is InChI=1S/C14H22N4S/c1-8-6-9(11(15)19)18-12(17-8)16-7-10-13(2,3)14(10,4)5/h6,10H,7H2,1-5H3,(H2,15,19)(H,16,17,18). The van der Waals surface area contributed by atoms with Gasteiger partial charge in [-0.25, -0.2) is 9.97 Å². The maximum absolute atomic E-state index is 5.62. The van der Waals surface area contributed by atoms with Crippen LogP contribution >= 0.6 is 12.2 Å². The van der Waals surface area contributed by atoms with Gasteiger partial charge in [0.1, 0.15) is 10.7 Å². The van der Waals surface area contributed by atoms with Crippen molar-refractivity contribution in [3.05, 3.63) is 17.5 Å². The van der Waals surface area contributed by atoms with Crippen molar-refractivity contribution in [1.82, 2.24) is 9.97 Å². The van der Waals surface area contributed by atoms with Gasteiger partial charge in [0.25, 0.3) is 0 Å². The van der Waals surface area contributed by atoms with E-state index in [-0.39, 0.29) is 0 Å². The average molecular weight is 278 g/mol. The number of hydrogen-bond donors (Lipinski definition) is 2. The van der Waals surface area contributed by atoms with Gasteiger partial charge in [-0.15, -0.1) is 0 Å². The molecule has 0 saturated heterocycles. The van der Waals surface area contributed by atoms with Gasteiger partial charge in [-0.2, -0.15) is 0 Å². The van der Waals surface area contributed by atoms with E-state index in [1.54, 1.807) is 6.07 Å². The van der Waals surface area contributed by atoms with Crippen LogP contribution in [0, 0.1) is 23.7 Å². The molecule has 1 fully saturated rings. The average Bonchev–Trinajstić information content (AvgIpc) is 2.66. The van der Waals surface area contributed by atoms with E-state index in [0.717, 1.165) is 12.2 Å². The summed E-state index contributed by atoms with van der Waals surface area (Å²) in [6.45, 7) is 12.0. The van der Waals surface area contributed by atoms with E-state index in [2.05, 4.69) is 43.0 Å². The molecule has 104 valence electrons. The molecule has 1 aromatic rings. The Morgan fingerprint density at radius 1 is 1.32 bits per heavy atom. The van der Waals surface area contributed by atoms with Crippen LogP contribution in [-0.2, 0) is 0 Å². The first-order valence-corrected chi connectivity index (χ1v) is 6.96. The summed E-state index contributed by atoms with van der Waals surface area (Å²) in [6, 6.07) is 1.80. The molecular weight excluding hydrogens is 256 g/mol. The van der Waals surface area contributed by atoms with E-state index in [1.165, 1.54) is 0 Å². The number of anilines is 1. The molecule has 1 aromatic heterocycles. The second kappa shape index (κ2) is 4.40. The smallest absolute Gasteiger partial charge is 0.223 e. The van der Waals surface area contributed by atoms with E-state index in [4.69, 9.17) is 18.0 Å². The maximum Gasteiger partial charge on any atom is 0.223 e. The summed E-state index contributed by atoms with van der Waals surface area (Å²) in [4.78, 5) is 9.02. The molecule has 1 heterocycles. The lowest BCUT2D eigenvalue weighted by molar-refractivity contribution is 0.457. The van der Waals surface area contributed by atoms with Gasteiger partial charge in [0.2, 0.25) is 5.95 Å². The second-order valence-corrected chi connectivity index (χ2v) is 6.90. The van der Waals surface area contributed by atoms with Gasteiger partial charge in [-0.05, 0) is 29.7 Å². The second-order valence-electron chi connectivity index (χ2n) is 6.46. The van der Waals surface area contributed by atoms with Gasteiger partial charge in [0.15, 0.2) is 0 Å². The zero-order valence-corrected chi connectivity index (χ0v) is 13.1. The SMILES string of the molecule is Cc1cc(C(N)=S)nc(NCC2C(C)(C)C2(C)C)n1. The summed E-state index contributed by atoms with van der Waals surface area (Å²) in [6.07, 6.45) is 0. The number of thiocarbonyl (C=S) groups is 1. The van der Waals surface area contributed by atoms with Crippen LogP contribution in [0.1, 0.15) is 39.1 Å². The Balaban J connectivity index is 2.07. The van der Waals surface area contributed by atoms with E-state index in [9.17, 15) is 0 Å². The fraction of sp³-hybridized carbons (Fsp3) is 0.643. The molecule has 0 radical (unpaired) electrons. The van der Waals surface area contributed by atoms with Crippen LogP contribution in [0.3, 0.4) is 0 Å². The lowest BCUT2D eigenvalue weighted by atomic mass is 10.0. The minimum Gasteiger partial charge on any atom is -0.388 e. The number of hydrogen-bond acceptors (Lipinski definition) is 4. The van der Waals surface area contributed by atoms with Crippen molar-refractivity contribution in [2.45, 2.75) is 34.6 Å². The molecule has 0 aromatic carbocycles. The number of rotatable bonds is 4. The van der Waals surface area contributed by atoms with Gasteiger partial charge < -0.3 is 11.1 Å². The van der Waals surface area contributed by atoms with Crippen molar-refractivity contribution in [3.8, 4) is 0 Å². The highest BCUT2D eigenvalue weighted by molar-refractivity contribution is 7.80. The normalized spacial score (nSPS) is 20.1. The van der Waals surface area contributed by atoms with Crippen LogP contribution in [0.2, 0.25) is 0 Å². The third-order valence-corrected chi connectivity index (χ3v) is 5.10. The first-order chi connectivity index (χ1) is 8.66. The Kier molecular flexibility index (Phi) is 3.29. The molecule has 1 saturated carbocycles. The van der Waals surface area contributed by atoms with Crippen LogP contribution in [-0.4, -0.2) is 21.5 Å². The van der Waals surface area contributed by atoms with Crippen molar-refractivity contribution in [2.75, 3.05) is 11.9 Å². The number of aromatic nitrogens is 2. The number of nitrogens with two attached hydrogens (primary N) is 1. The van der Waals surface area contributed by atoms with E-state index in [0.29, 0.717) is 33.4 Å². The van der Waals surface area contributed by atoms with Crippen molar-refractivity contribution in [3.63, 3.8) is 0 Å². The van der Waals surface area contributed by atoms with E-state index in [1.807, 2.05) is 6.92 Å². The quantitative estimate of drug-likeness (QED) is 0.829. The maximum atomic E-state index is 5.62. The van der Waals surface area contributed by atoms with E-state index < -0.39 is 0 Å². The highest BCUT2D eigenvalue weighted by Gasteiger charge is 2.64. The van der Waals surface area contributed by atoms with Crippen molar-refractivity contribution in [1.29, 1.82) is 0 Å². The summed E-state index contributed by atoms with van der Waals surface area (Å²) in [5, 5.41) is 3.32. The van der Waals surface area contributed by atoms with Gasteiger partial charge in [0, 0.05) is 12.2 Å². The van der Waals surface area contributed by atoms with Crippen LogP contribution in [0.4, 0.5) is 5.95 Å². The van der Waals surface area contributed by atoms with E-state index >= 15 is 0 Å². The van der Waals surface area contributed by atoms with Crippen molar-refractivity contribution in [2.24, 2.45) is 22.5 Å². The summed E-state index contributed by atoms with van der Waals surface area (Å²) >= 11 is 4.96. The Labute approximate surface area is 120 Å². The Morgan fingerprint density at radius 2 is 1.89 bits per heavy atom. The fourth-order valence-corrected chi connectivity index (χ4v) is 2.92. The molecule has 3 N–H and O–H groups in total. The third kappa shape index (κ3) is 2.43. The molecule has 2 rings (SSSR count). The lowest BCUT2D eigenvalue weighted by Gasteiger charge is -2.08. The topological polar surface area (TPSA) is 63.8 Å². The molecule has 5 heteroatoms. The first-order valence-electron chi connectivity index (χ1n) is 6.55. The number of nitrogens with zero attached hydrogens (tertiary/aromatic N) is 2. The van der Waals surface area contributed by atoms with Gasteiger partial charge in [-0.1, -0.05) is 39.9 Å². The highest BCUT2D eigenvalue weighted by atomic mass is 32.1. The molecule has 4 nitrogen and oxygen atoms in total. The summed E-state index contributed by atoms with van der Waals surface area (Å²) < 4.78 is 0. The molecule has 0 spiro atoms. The summed E-state index contributed by atoms with van der Waals surface area (Å²) in [5.41, 5.74) is 7.83. The zero-order valence-electron chi connectivity index (χ0n) is 12.2. The molecule has 0 unspecified atom stereocenters. The molecule has 0 atom stereocenters. The molecule has 19 heavy (non-hydrogen) atoms. The van der Waals surface area contributed by atoms with Gasteiger partial charge in [-0.3, -0.25) is 0 Å². The van der Waals surface area contributed by atoms with Crippen LogP contribution in [0.15, 0.2) is 6.07 Å². The van der Waals surface area contributed by atoms with Gasteiger partial charge in [0.05, 0.1) is 0 Å². The largest absolute Gasteiger partial charge is 0.388 e. The molecular formula is C14H22N4S. The first kappa shape index (κ1) is 14.2. The highest BCUT2D eigenvalue weighted by Crippen LogP contribution is 2.68. The van der Waals surface area contributed by atoms with Crippen LogP contribution in [0.5, 0.6) is 0 Å². The molecule has 0 amide bonds. The molecule has 1 aliphatic rings. The Morgan fingerprint density at radius 3 is 2.37 bits per heavy atom. The molecule has 0 bridgehead atoms.